The summed E-state index contributed by atoms with van der Waals surface area (Å²) in [7, 11) is 0. The van der Waals surface area contributed by atoms with Gasteiger partial charge in [0, 0.05) is 6.54 Å². The van der Waals surface area contributed by atoms with Gasteiger partial charge in [0.2, 0.25) is 0 Å². The first-order valence-corrected chi connectivity index (χ1v) is 6.18. The number of nitrogens with one attached hydrogen (secondary N) is 1. The summed E-state index contributed by atoms with van der Waals surface area (Å²) < 4.78 is 0. The lowest BCUT2D eigenvalue weighted by molar-refractivity contribution is 0.00455. The van der Waals surface area contributed by atoms with Gasteiger partial charge >= 0.3 is 0 Å². The Balaban J connectivity index is 2.45. The fraction of sp³-hybridized carbons (Fsp3) is 1.00. The fourth-order valence-corrected chi connectivity index (χ4v) is 2.91. The zero-order valence-electron chi connectivity index (χ0n) is 10.9. The van der Waals surface area contributed by atoms with Crippen LogP contribution in [0.5, 0.6) is 0 Å². The van der Waals surface area contributed by atoms with Crippen LogP contribution in [0.25, 0.3) is 0 Å². The molecule has 0 bridgehead atoms. The average molecular weight is 213 g/mol. The summed E-state index contributed by atoms with van der Waals surface area (Å²) >= 11 is 0. The van der Waals surface area contributed by atoms with Crippen molar-refractivity contribution in [3.63, 3.8) is 0 Å². The van der Waals surface area contributed by atoms with E-state index in [2.05, 4.69) is 39.9 Å². The Kier molecular flexibility index (Phi) is 3.83. The van der Waals surface area contributed by atoms with Crippen molar-refractivity contribution in [1.82, 2.24) is 5.32 Å². The lowest BCUT2D eigenvalue weighted by Gasteiger charge is -2.29. The average Bonchev–Trinajstić information content (AvgIpc) is 2.19. The minimum atomic E-state index is -0.488. The van der Waals surface area contributed by atoms with Gasteiger partial charge in [0.1, 0.15) is 0 Å². The van der Waals surface area contributed by atoms with Crippen LogP contribution >= 0.6 is 0 Å². The summed E-state index contributed by atoms with van der Waals surface area (Å²) in [6.45, 7) is 12.8. The van der Waals surface area contributed by atoms with Gasteiger partial charge in [-0.1, -0.05) is 34.6 Å². The molecule has 0 heterocycles. The highest BCUT2D eigenvalue weighted by atomic mass is 16.3. The molecule has 0 amide bonds. The lowest BCUT2D eigenvalue weighted by atomic mass is 9.89. The third kappa shape index (κ3) is 3.46. The molecule has 2 unspecified atom stereocenters. The summed E-state index contributed by atoms with van der Waals surface area (Å²) in [4.78, 5) is 0. The number of hydrogen-bond donors (Lipinski definition) is 2. The normalized spacial score (nSPS) is 35.0. The van der Waals surface area contributed by atoms with E-state index in [0.717, 1.165) is 25.9 Å². The monoisotopic (exact) mass is 213 g/mol. The van der Waals surface area contributed by atoms with Crippen LogP contribution in [0, 0.1) is 17.3 Å². The lowest BCUT2D eigenvalue weighted by Crippen LogP contribution is -2.44. The standard InChI is InChI=1S/C13H27NO/c1-10(2)7-14-9-13(15)8-12(4,5)6-11(13)3/h10-11,14-15H,6-9H2,1-5H3. The van der Waals surface area contributed by atoms with Gasteiger partial charge in [-0.3, -0.25) is 0 Å². The van der Waals surface area contributed by atoms with E-state index in [-0.39, 0.29) is 0 Å². The molecule has 0 aromatic carbocycles. The van der Waals surface area contributed by atoms with Gasteiger partial charge in [-0.05, 0) is 36.6 Å². The third-order valence-electron chi connectivity index (χ3n) is 3.54. The molecule has 1 aliphatic carbocycles. The van der Waals surface area contributed by atoms with E-state index in [1.165, 1.54) is 0 Å². The van der Waals surface area contributed by atoms with E-state index >= 15 is 0 Å². The predicted octanol–water partition coefficient (Wildman–Crippen LogP) is 2.42. The molecule has 2 nitrogen and oxygen atoms in total. The molecule has 0 aromatic heterocycles. The van der Waals surface area contributed by atoms with Gasteiger partial charge in [-0.2, -0.15) is 0 Å². The van der Waals surface area contributed by atoms with Crippen molar-refractivity contribution in [2.75, 3.05) is 13.1 Å². The third-order valence-corrected chi connectivity index (χ3v) is 3.54. The van der Waals surface area contributed by atoms with Crippen LogP contribution in [0.15, 0.2) is 0 Å². The van der Waals surface area contributed by atoms with Crippen LogP contribution < -0.4 is 5.32 Å². The van der Waals surface area contributed by atoms with Crippen molar-refractivity contribution >= 4 is 0 Å². The Bertz CT molecular complexity index is 213. The zero-order chi connectivity index (χ0) is 11.7. The first kappa shape index (κ1) is 13.0. The first-order valence-electron chi connectivity index (χ1n) is 6.18. The van der Waals surface area contributed by atoms with Crippen LogP contribution in [0.2, 0.25) is 0 Å². The molecule has 1 aliphatic rings. The number of aliphatic hydroxyl groups is 1. The Morgan fingerprint density at radius 2 is 2.00 bits per heavy atom. The van der Waals surface area contributed by atoms with Crippen molar-refractivity contribution < 1.29 is 5.11 Å². The highest BCUT2D eigenvalue weighted by Gasteiger charge is 2.46. The molecule has 2 atom stereocenters. The smallest absolute Gasteiger partial charge is 0.0802 e. The minimum Gasteiger partial charge on any atom is -0.388 e. The van der Waals surface area contributed by atoms with E-state index in [4.69, 9.17) is 0 Å². The van der Waals surface area contributed by atoms with Crippen LogP contribution in [0.3, 0.4) is 0 Å². The van der Waals surface area contributed by atoms with E-state index < -0.39 is 5.60 Å². The molecule has 1 fully saturated rings. The second-order valence-corrected chi connectivity index (χ2v) is 6.57. The second-order valence-electron chi connectivity index (χ2n) is 6.57. The quantitative estimate of drug-likeness (QED) is 0.751. The molecule has 0 spiro atoms. The highest BCUT2D eigenvalue weighted by Crippen LogP contribution is 2.47. The van der Waals surface area contributed by atoms with Crippen molar-refractivity contribution in [3.05, 3.63) is 0 Å². The van der Waals surface area contributed by atoms with E-state index in [1.807, 2.05) is 0 Å². The van der Waals surface area contributed by atoms with Gasteiger partial charge in [-0.15, -0.1) is 0 Å². The summed E-state index contributed by atoms with van der Waals surface area (Å²) in [5.74, 6) is 1.06. The Hall–Kier alpha value is -0.0800. The largest absolute Gasteiger partial charge is 0.388 e. The molecular formula is C13H27NO. The molecule has 0 saturated heterocycles. The van der Waals surface area contributed by atoms with Gasteiger partial charge in [0.15, 0.2) is 0 Å². The Labute approximate surface area is 94.5 Å². The molecule has 2 heteroatoms. The zero-order valence-corrected chi connectivity index (χ0v) is 10.9. The van der Waals surface area contributed by atoms with Crippen LogP contribution in [0.1, 0.15) is 47.5 Å². The summed E-state index contributed by atoms with van der Waals surface area (Å²) in [6.07, 6.45) is 2.05. The number of rotatable bonds is 4. The van der Waals surface area contributed by atoms with E-state index in [0.29, 0.717) is 17.3 Å². The molecular weight excluding hydrogens is 186 g/mol. The maximum absolute atomic E-state index is 10.5. The minimum absolute atomic E-state index is 0.299. The van der Waals surface area contributed by atoms with Crippen molar-refractivity contribution in [2.24, 2.45) is 17.3 Å². The van der Waals surface area contributed by atoms with Crippen molar-refractivity contribution in [3.8, 4) is 0 Å². The molecule has 1 saturated carbocycles. The Morgan fingerprint density at radius 3 is 2.40 bits per heavy atom. The van der Waals surface area contributed by atoms with Gasteiger partial charge in [0.05, 0.1) is 5.60 Å². The van der Waals surface area contributed by atoms with Gasteiger partial charge < -0.3 is 10.4 Å². The summed E-state index contributed by atoms with van der Waals surface area (Å²) in [5.41, 5.74) is -0.188. The van der Waals surface area contributed by atoms with Gasteiger partial charge in [-0.25, -0.2) is 0 Å². The van der Waals surface area contributed by atoms with Crippen molar-refractivity contribution in [2.45, 2.75) is 53.1 Å². The predicted molar refractivity (Wildman–Crippen MR) is 64.8 cm³/mol. The maximum atomic E-state index is 10.5. The topological polar surface area (TPSA) is 32.3 Å². The molecule has 0 aliphatic heterocycles. The molecule has 1 rings (SSSR count). The first-order chi connectivity index (χ1) is 6.75. The summed E-state index contributed by atoms with van der Waals surface area (Å²) in [6, 6.07) is 0. The number of hydrogen-bond acceptors (Lipinski definition) is 2. The molecule has 90 valence electrons. The Morgan fingerprint density at radius 1 is 1.40 bits per heavy atom. The maximum Gasteiger partial charge on any atom is 0.0802 e. The molecule has 15 heavy (non-hydrogen) atoms. The van der Waals surface area contributed by atoms with Gasteiger partial charge in [0.25, 0.3) is 0 Å². The van der Waals surface area contributed by atoms with Crippen LogP contribution in [0.4, 0.5) is 0 Å². The van der Waals surface area contributed by atoms with E-state index in [9.17, 15) is 5.11 Å². The molecule has 0 radical (unpaired) electrons. The fourth-order valence-electron chi connectivity index (χ4n) is 2.91. The molecule has 0 aromatic rings. The van der Waals surface area contributed by atoms with Crippen LogP contribution in [-0.2, 0) is 0 Å². The summed E-state index contributed by atoms with van der Waals surface area (Å²) in [5, 5.41) is 13.9. The van der Waals surface area contributed by atoms with Crippen LogP contribution in [-0.4, -0.2) is 23.8 Å². The molecule has 2 N–H and O–H groups in total. The van der Waals surface area contributed by atoms with E-state index in [1.54, 1.807) is 0 Å². The SMILES string of the molecule is CC(C)CNCC1(O)CC(C)(C)CC1C. The second kappa shape index (κ2) is 4.42. The van der Waals surface area contributed by atoms with Crippen molar-refractivity contribution in [1.29, 1.82) is 0 Å². The highest BCUT2D eigenvalue weighted by molar-refractivity contribution is 4.99.